The first kappa shape index (κ1) is 14.9. The molecule has 0 unspecified atom stereocenters. The van der Waals surface area contributed by atoms with Crippen LogP contribution in [0.2, 0.25) is 0 Å². The van der Waals surface area contributed by atoms with E-state index < -0.39 is 0 Å². The van der Waals surface area contributed by atoms with Gasteiger partial charge < -0.3 is 14.8 Å². The van der Waals surface area contributed by atoms with Crippen LogP contribution in [0.4, 0.5) is 4.39 Å². The Bertz CT molecular complexity index is 356. The van der Waals surface area contributed by atoms with Crippen molar-refractivity contribution in [1.82, 2.24) is 5.32 Å². The number of nitrogens with one attached hydrogen (secondary N) is 1. The van der Waals surface area contributed by atoms with Crippen LogP contribution in [0, 0.1) is 5.82 Å². The number of rotatable bonds is 8. The molecule has 0 atom stereocenters. The van der Waals surface area contributed by atoms with Crippen molar-refractivity contribution in [3.8, 4) is 5.75 Å². The van der Waals surface area contributed by atoms with Gasteiger partial charge in [0.15, 0.2) is 0 Å². The maximum absolute atomic E-state index is 13.4. The maximum Gasteiger partial charge on any atom is 0.127 e. The highest BCUT2D eigenvalue weighted by Crippen LogP contribution is 2.16. The van der Waals surface area contributed by atoms with Gasteiger partial charge in [-0.1, -0.05) is 6.92 Å². The standard InChI is InChI=1S/C14H22FNO2/c1-4-16-10-12-7-13(15)9-14(8-12)18-6-5-17-11(2)3/h7-9,11,16H,4-6,10H2,1-3H3. The van der Waals surface area contributed by atoms with Crippen molar-refractivity contribution in [2.45, 2.75) is 33.4 Å². The molecule has 1 rings (SSSR count). The van der Waals surface area contributed by atoms with Crippen LogP contribution in [0.5, 0.6) is 5.75 Å². The number of halogens is 1. The van der Waals surface area contributed by atoms with Crippen molar-refractivity contribution >= 4 is 0 Å². The molecule has 0 spiro atoms. The molecule has 0 saturated heterocycles. The van der Waals surface area contributed by atoms with Crippen molar-refractivity contribution in [3.63, 3.8) is 0 Å². The van der Waals surface area contributed by atoms with Gasteiger partial charge in [0.25, 0.3) is 0 Å². The molecule has 102 valence electrons. The third kappa shape index (κ3) is 5.98. The van der Waals surface area contributed by atoms with Gasteiger partial charge in [0, 0.05) is 12.6 Å². The average molecular weight is 255 g/mol. The Kier molecular flexibility index (Phi) is 6.68. The van der Waals surface area contributed by atoms with Crippen LogP contribution in [0.25, 0.3) is 0 Å². The lowest BCUT2D eigenvalue weighted by atomic mass is 10.2. The molecule has 0 radical (unpaired) electrons. The van der Waals surface area contributed by atoms with Crippen LogP contribution in [0.1, 0.15) is 26.3 Å². The summed E-state index contributed by atoms with van der Waals surface area (Å²) in [5, 5.41) is 3.15. The first-order valence-corrected chi connectivity index (χ1v) is 6.36. The highest BCUT2D eigenvalue weighted by Gasteiger charge is 2.02. The van der Waals surface area contributed by atoms with Crippen LogP contribution >= 0.6 is 0 Å². The zero-order valence-electron chi connectivity index (χ0n) is 11.3. The molecule has 0 aromatic heterocycles. The predicted molar refractivity (Wildman–Crippen MR) is 70.4 cm³/mol. The Balaban J connectivity index is 2.46. The van der Waals surface area contributed by atoms with E-state index in [1.807, 2.05) is 26.8 Å². The monoisotopic (exact) mass is 255 g/mol. The van der Waals surface area contributed by atoms with Crippen LogP contribution < -0.4 is 10.1 Å². The number of benzene rings is 1. The summed E-state index contributed by atoms with van der Waals surface area (Å²) in [6, 6.07) is 4.76. The minimum absolute atomic E-state index is 0.186. The molecule has 0 aliphatic heterocycles. The van der Waals surface area contributed by atoms with E-state index in [0.29, 0.717) is 25.5 Å². The lowest BCUT2D eigenvalue weighted by Crippen LogP contribution is -2.13. The molecule has 0 bridgehead atoms. The van der Waals surface area contributed by atoms with E-state index >= 15 is 0 Å². The summed E-state index contributed by atoms with van der Waals surface area (Å²) < 4.78 is 24.2. The minimum atomic E-state index is -0.273. The number of hydrogen-bond donors (Lipinski definition) is 1. The molecule has 3 nitrogen and oxygen atoms in total. The third-order valence-electron chi connectivity index (χ3n) is 2.31. The Hall–Kier alpha value is -1.13. The van der Waals surface area contributed by atoms with Crippen LogP contribution in [0.3, 0.4) is 0 Å². The highest BCUT2D eigenvalue weighted by molar-refractivity contribution is 5.29. The maximum atomic E-state index is 13.4. The van der Waals surface area contributed by atoms with Crippen LogP contribution in [0.15, 0.2) is 18.2 Å². The van der Waals surface area contributed by atoms with Crippen molar-refractivity contribution < 1.29 is 13.9 Å². The fourth-order valence-corrected chi connectivity index (χ4v) is 1.52. The van der Waals surface area contributed by atoms with E-state index in [-0.39, 0.29) is 11.9 Å². The summed E-state index contributed by atoms with van der Waals surface area (Å²) in [6.07, 6.45) is 0.186. The molecule has 1 aromatic carbocycles. The van der Waals surface area contributed by atoms with Crippen LogP contribution in [-0.2, 0) is 11.3 Å². The van der Waals surface area contributed by atoms with Gasteiger partial charge in [-0.3, -0.25) is 0 Å². The largest absolute Gasteiger partial charge is 0.491 e. The van der Waals surface area contributed by atoms with E-state index in [1.54, 1.807) is 0 Å². The van der Waals surface area contributed by atoms with Crippen molar-refractivity contribution in [2.75, 3.05) is 19.8 Å². The van der Waals surface area contributed by atoms with Gasteiger partial charge in [-0.2, -0.15) is 0 Å². The fourth-order valence-electron chi connectivity index (χ4n) is 1.52. The van der Waals surface area contributed by atoms with Crippen molar-refractivity contribution in [3.05, 3.63) is 29.6 Å². The third-order valence-corrected chi connectivity index (χ3v) is 2.31. The summed E-state index contributed by atoms with van der Waals surface area (Å²) in [5.74, 6) is 0.278. The van der Waals surface area contributed by atoms with Gasteiger partial charge in [0.1, 0.15) is 18.2 Å². The molecular formula is C14H22FNO2. The molecule has 18 heavy (non-hydrogen) atoms. The van der Waals surface area contributed by atoms with E-state index in [2.05, 4.69) is 5.32 Å². The topological polar surface area (TPSA) is 30.5 Å². The molecule has 4 heteroatoms. The molecule has 1 aromatic rings. The van der Waals surface area contributed by atoms with Crippen LogP contribution in [-0.4, -0.2) is 25.9 Å². The number of hydrogen-bond acceptors (Lipinski definition) is 3. The SMILES string of the molecule is CCNCc1cc(F)cc(OCCOC(C)C)c1. The van der Waals surface area contributed by atoms with Gasteiger partial charge in [0.05, 0.1) is 12.7 Å². The Morgan fingerprint density at radius 1 is 1.22 bits per heavy atom. The van der Waals surface area contributed by atoms with E-state index in [0.717, 1.165) is 12.1 Å². The molecule has 0 amide bonds. The van der Waals surface area contributed by atoms with E-state index in [4.69, 9.17) is 9.47 Å². The van der Waals surface area contributed by atoms with Gasteiger partial charge in [-0.25, -0.2) is 4.39 Å². The predicted octanol–water partition coefficient (Wildman–Crippen LogP) is 2.74. The molecular weight excluding hydrogens is 233 g/mol. The molecule has 0 heterocycles. The normalized spacial score (nSPS) is 10.9. The first-order chi connectivity index (χ1) is 8.61. The fraction of sp³-hybridized carbons (Fsp3) is 0.571. The van der Waals surface area contributed by atoms with E-state index in [9.17, 15) is 4.39 Å². The Morgan fingerprint density at radius 3 is 2.67 bits per heavy atom. The van der Waals surface area contributed by atoms with Crippen molar-refractivity contribution in [2.24, 2.45) is 0 Å². The van der Waals surface area contributed by atoms with Crippen molar-refractivity contribution in [1.29, 1.82) is 0 Å². The Morgan fingerprint density at radius 2 is 2.00 bits per heavy atom. The summed E-state index contributed by atoms with van der Waals surface area (Å²) in [7, 11) is 0. The minimum Gasteiger partial charge on any atom is -0.491 e. The van der Waals surface area contributed by atoms with Gasteiger partial charge >= 0.3 is 0 Å². The average Bonchev–Trinajstić information content (AvgIpc) is 2.31. The second kappa shape index (κ2) is 8.06. The summed E-state index contributed by atoms with van der Waals surface area (Å²) >= 11 is 0. The molecule has 0 aliphatic carbocycles. The Labute approximate surface area is 108 Å². The zero-order valence-corrected chi connectivity index (χ0v) is 11.3. The number of ether oxygens (including phenoxy) is 2. The molecule has 1 N–H and O–H groups in total. The van der Waals surface area contributed by atoms with Gasteiger partial charge in [-0.15, -0.1) is 0 Å². The molecule has 0 saturated carbocycles. The van der Waals surface area contributed by atoms with Gasteiger partial charge in [-0.05, 0) is 38.1 Å². The molecule has 0 fully saturated rings. The zero-order chi connectivity index (χ0) is 13.4. The smallest absolute Gasteiger partial charge is 0.127 e. The summed E-state index contributed by atoms with van der Waals surface area (Å²) in [4.78, 5) is 0. The quantitative estimate of drug-likeness (QED) is 0.725. The summed E-state index contributed by atoms with van der Waals surface area (Å²) in [6.45, 7) is 8.40. The lowest BCUT2D eigenvalue weighted by Gasteiger charge is -2.11. The highest BCUT2D eigenvalue weighted by atomic mass is 19.1. The van der Waals surface area contributed by atoms with Gasteiger partial charge in [0.2, 0.25) is 0 Å². The first-order valence-electron chi connectivity index (χ1n) is 6.36. The summed E-state index contributed by atoms with van der Waals surface area (Å²) in [5.41, 5.74) is 0.886. The lowest BCUT2D eigenvalue weighted by molar-refractivity contribution is 0.0552. The molecule has 0 aliphatic rings. The second-order valence-electron chi connectivity index (χ2n) is 4.34. The van der Waals surface area contributed by atoms with E-state index in [1.165, 1.54) is 12.1 Å². The second-order valence-corrected chi connectivity index (χ2v) is 4.34.